The van der Waals surface area contributed by atoms with Crippen molar-refractivity contribution in [2.75, 3.05) is 30.7 Å². The molecule has 8 amide bonds. The molecule has 1 fully saturated rings. The molecular formula is C43H58N8O11S. The standard InChI is InChI=1S/C43H58N8O11S/c1-25(2)36-30-22-32(38(41(58)59)51(30)40(36)57)63-20-19-49(24-44)43(61)62-23-27-11-13-29(14-12-27)47-39(56)28(9-8-17-46-42(45)60)21-31(52)37(26(3)4)48-33(53)10-6-5-7-18-50-34(54)15-16-35(50)55/h11-16,24-26,28,30,36-37,44H,5-10,17-23H2,1-4H3,(H,47,56)(H,48,53)(H,58,59)(H3,45,46,60)/t28-,30-,36-,37+/m1/s1. The molecule has 3 heterocycles. The van der Waals surface area contributed by atoms with Crippen LogP contribution in [0.1, 0.15) is 84.6 Å². The Hall–Kier alpha value is -6.05. The minimum Gasteiger partial charge on any atom is -0.477 e. The summed E-state index contributed by atoms with van der Waals surface area (Å²) in [6.45, 7) is 7.77. The number of carbonyl (C=O) groups excluding carboxylic acids is 8. The molecule has 3 aliphatic rings. The molecule has 0 radical (unpaired) electrons. The number of nitrogens with zero attached hydrogens (tertiary/aromatic N) is 3. The monoisotopic (exact) mass is 894 g/mol. The number of nitrogens with one attached hydrogen (secondary N) is 4. The normalized spacial score (nSPS) is 17.7. The molecule has 1 saturated heterocycles. The molecule has 3 aliphatic heterocycles. The molecule has 4 rings (SSSR count). The van der Waals surface area contributed by atoms with E-state index in [9.17, 15) is 48.3 Å². The summed E-state index contributed by atoms with van der Waals surface area (Å²) in [5, 5.41) is 25.6. The Kier molecular flexibility index (Phi) is 18.4. The van der Waals surface area contributed by atoms with Gasteiger partial charge >= 0.3 is 18.1 Å². The number of benzene rings is 1. The number of unbranched alkanes of at least 4 members (excludes halogenated alkanes) is 2. The van der Waals surface area contributed by atoms with E-state index >= 15 is 0 Å². The summed E-state index contributed by atoms with van der Waals surface area (Å²) in [5.41, 5.74) is 6.14. The number of thioether (sulfide) groups is 1. The van der Waals surface area contributed by atoms with Crippen molar-refractivity contribution in [2.24, 2.45) is 29.4 Å². The van der Waals surface area contributed by atoms with Gasteiger partial charge in [0.05, 0.1) is 24.3 Å². The second-order valence-electron chi connectivity index (χ2n) is 16.3. The molecule has 19 nitrogen and oxygen atoms in total. The molecule has 1 aromatic rings. The van der Waals surface area contributed by atoms with Crippen LogP contribution in [0.15, 0.2) is 47.0 Å². The second-order valence-corrected chi connectivity index (χ2v) is 17.5. The molecule has 7 N–H and O–H groups in total. The number of aliphatic carboxylic acids is 1. The van der Waals surface area contributed by atoms with E-state index in [0.717, 1.165) is 16.1 Å². The van der Waals surface area contributed by atoms with Crippen LogP contribution in [-0.4, -0.2) is 117 Å². The topological polar surface area (TPSA) is 279 Å². The SMILES string of the molecule is CC(C)[C@H](NC(=O)CCCCCN1C(=O)C=CC1=O)C(=O)C[C@@H](CCCNC(N)=O)C(=O)Nc1ccc(COC(=O)N(C=N)CCSC2=C(C(=O)O)N3C(=O)[C@H](C(C)C)[C@H]3C2)cc1. The van der Waals surface area contributed by atoms with Gasteiger partial charge in [0.2, 0.25) is 17.7 Å². The second kappa shape index (κ2) is 23.4. The molecule has 0 aliphatic carbocycles. The van der Waals surface area contributed by atoms with Crippen LogP contribution in [0.4, 0.5) is 15.3 Å². The van der Waals surface area contributed by atoms with Gasteiger partial charge in [0, 0.05) is 73.3 Å². The summed E-state index contributed by atoms with van der Waals surface area (Å²) >= 11 is 1.23. The molecule has 342 valence electrons. The van der Waals surface area contributed by atoms with Crippen LogP contribution in [0, 0.1) is 29.1 Å². The Labute approximate surface area is 370 Å². The predicted octanol–water partition coefficient (Wildman–Crippen LogP) is 3.74. The summed E-state index contributed by atoms with van der Waals surface area (Å²) in [5.74, 6) is -4.22. The first-order valence-corrected chi connectivity index (χ1v) is 22.1. The number of imide groups is 1. The number of urea groups is 1. The lowest BCUT2D eigenvalue weighted by molar-refractivity contribution is -0.157. The fourth-order valence-electron chi connectivity index (χ4n) is 7.70. The molecule has 0 saturated carbocycles. The van der Waals surface area contributed by atoms with E-state index in [1.54, 1.807) is 38.1 Å². The minimum absolute atomic E-state index is 0.0222. The van der Waals surface area contributed by atoms with Gasteiger partial charge in [-0.25, -0.2) is 14.4 Å². The summed E-state index contributed by atoms with van der Waals surface area (Å²) in [7, 11) is 0. The van der Waals surface area contributed by atoms with Gasteiger partial charge < -0.3 is 36.4 Å². The summed E-state index contributed by atoms with van der Waals surface area (Å²) < 4.78 is 5.41. The van der Waals surface area contributed by atoms with Crippen molar-refractivity contribution in [3.05, 3.63) is 52.6 Å². The number of Topliss-reactive ketones (excluding diaryl/α,β-unsaturated/α-hetero) is 1. The van der Waals surface area contributed by atoms with Crippen LogP contribution in [-0.2, 0) is 44.9 Å². The van der Waals surface area contributed by atoms with E-state index in [0.29, 0.717) is 48.3 Å². The highest BCUT2D eigenvalue weighted by Gasteiger charge is 2.56. The predicted molar refractivity (Wildman–Crippen MR) is 232 cm³/mol. The maximum atomic E-state index is 13.6. The average molecular weight is 895 g/mol. The Morgan fingerprint density at radius 2 is 1.68 bits per heavy atom. The lowest BCUT2D eigenvalue weighted by Crippen LogP contribution is -2.60. The number of anilines is 1. The van der Waals surface area contributed by atoms with Gasteiger partial charge in [-0.15, -0.1) is 11.8 Å². The zero-order valence-corrected chi connectivity index (χ0v) is 36.9. The van der Waals surface area contributed by atoms with Crippen LogP contribution >= 0.6 is 11.8 Å². The van der Waals surface area contributed by atoms with Gasteiger partial charge in [-0.3, -0.25) is 44.0 Å². The summed E-state index contributed by atoms with van der Waals surface area (Å²) in [4.78, 5) is 116. The molecule has 63 heavy (non-hydrogen) atoms. The molecule has 0 spiro atoms. The quantitative estimate of drug-likeness (QED) is 0.0255. The summed E-state index contributed by atoms with van der Waals surface area (Å²) in [6.07, 6.45) is 5.01. The number of primary amides is 1. The number of carboxylic acid groups (broad SMARTS) is 1. The third kappa shape index (κ3) is 13.7. The van der Waals surface area contributed by atoms with E-state index < -0.39 is 36.0 Å². The number of rotatable bonds is 26. The number of carbonyl (C=O) groups is 9. The highest BCUT2D eigenvalue weighted by atomic mass is 32.2. The number of ketones is 1. The number of amides is 8. The first-order valence-electron chi connectivity index (χ1n) is 21.1. The van der Waals surface area contributed by atoms with Gasteiger partial charge in [0.15, 0.2) is 5.78 Å². The minimum atomic E-state index is -1.18. The molecular weight excluding hydrogens is 837 g/mol. The maximum absolute atomic E-state index is 13.6. The molecule has 0 unspecified atom stereocenters. The lowest BCUT2D eigenvalue weighted by atomic mass is 9.79. The van der Waals surface area contributed by atoms with E-state index in [4.69, 9.17) is 15.9 Å². The molecule has 0 bridgehead atoms. The Bertz CT molecular complexity index is 1970. The molecule has 4 atom stereocenters. The number of ether oxygens (including phenoxy) is 1. The first kappa shape index (κ1) is 49.6. The van der Waals surface area contributed by atoms with Crippen LogP contribution in [0.3, 0.4) is 0 Å². The zero-order valence-electron chi connectivity index (χ0n) is 36.1. The van der Waals surface area contributed by atoms with Crippen molar-refractivity contribution in [1.82, 2.24) is 25.3 Å². The highest BCUT2D eigenvalue weighted by Crippen LogP contribution is 2.48. The first-order chi connectivity index (χ1) is 29.9. The Morgan fingerprint density at radius 3 is 2.29 bits per heavy atom. The van der Waals surface area contributed by atoms with Gasteiger partial charge in [-0.1, -0.05) is 46.2 Å². The van der Waals surface area contributed by atoms with Crippen molar-refractivity contribution in [3.8, 4) is 0 Å². The number of fused-ring (bicyclic) bond motifs is 1. The van der Waals surface area contributed by atoms with Gasteiger partial charge in [0.25, 0.3) is 11.8 Å². The molecule has 1 aromatic carbocycles. The number of nitrogens with two attached hydrogens (primary N) is 1. The fourth-order valence-corrected chi connectivity index (χ4v) is 8.84. The Morgan fingerprint density at radius 1 is 1.00 bits per heavy atom. The smallest absolute Gasteiger partial charge is 0.415 e. The van der Waals surface area contributed by atoms with Crippen LogP contribution in [0.25, 0.3) is 0 Å². The molecule has 20 heteroatoms. The van der Waals surface area contributed by atoms with E-state index in [2.05, 4.69) is 16.0 Å². The van der Waals surface area contributed by atoms with Crippen molar-refractivity contribution >= 4 is 77.2 Å². The van der Waals surface area contributed by atoms with Crippen molar-refractivity contribution in [1.29, 1.82) is 5.41 Å². The van der Waals surface area contributed by atoms with Crippen LogP contribution in [0.2, 0.25) is 0 Å². The number of hydrogen-bond donors (Lipinski definition) is 6. The van der Waals surface area contributed by atoms with Crippen molar-refractivity contribution < 1.29 is 53.0 Å². The van der Waals surface area contributed by atoms with Gasteiger partial charge in [-0.05, 0) is 55.2 Å². The third-order valence-electron chi connectivity index (χ3n) is 11.0. The van der Waals surface area contributed by atoms with Crippen LogP contribution < -0.4 is 21.7 Å². The number of carboxylic acids is 1. The average Bonchev–Trinajstić information content (AvgIpc) is 3.73. The highest BCUT2D eigenvalue weighted by molar-refractivity contribution is 8.03. The van der Waals surface area contributed by atoms with Gasteiger partial charge in [-0.2, -0.15) is 0 Å². The lowest BCUT2D eigenvalue weighted by Gasteiger charge is -2.45. The number of β-lactam (4-membered cyclic amide) rings is 1. The van der Waals surface area contributed by atoms with Crippen molar-refractivity contribution in [3.63, 3.8) is 0 Å². The van der Waals surface area contributed by atoms with E-state index in [1.165, 1.54) is 28.8 Å². The fraction of sp³-hybridized carbons (Fsp3) is 0.535. The van der Waals surface area contributed by atoms with Crippen LogP contribution in [0.5, 0.6) is 0 Å². The zero-order chi connectivity index (χ0) is 46.4. The largest absolute Gasteiger partial charge is 0.477 e. The number of hydrogen-bond acceptors (Lipinski definition) is 12. The maximum Gasteiger partial charge on any atom is 0.415 e. The summed E-state index contributed by atoms with van der Waals surface area (Å²) in [6, 6.07) is 4.68. The third-order valence-corrected chi connectivity index (χ3v) is 12.1. The van der Waals surface area contributed by atoms with Crippen molar-refractivity contribution in [2.45, 2.75) is 97.8 Å². The van der Waals surface area contributed by atoms with E-state index in [1.807, 2.05) is 13.8 Å². The molecule has 0 aromatic heterocycles. The Balaban J connectivity index is 1.26. The van der Waals surface area contributed by atoms with E-state index in [-0.39, 0.29) is 110 Å². The van der Waals surface area contributed by atoms with Gasteiger partial charge in [0.1, 0.15) is 12.3 Å².